The third kappa shape index (κ3) is 2.13. The zero-order valence-electron chi connectivity index (χ0n) is 10.6. The Kier molecular flexibility index (Phi) is 3.06. The molecule has 0 atom stereocenters. The molecule has 18 heavy (non-hydrogen) atoms. The van der Waals surface area contributed by atoms with Crippen molar-refractivity contribution in [3.05, 3.63) is 41.2 Å². The first-order valence-corrected chi connectivity index (χ1v) is 6.40. The van der Waals surface area contributed by atoms with Gasteiger partial charge in [0.25, 0.3) is 0 Å². The van der Waals surface area contributed by atoms with Crippen molar-refractivity contribution >= 4 is 0 Å². The van der Waals surface area contributed by atoms with Crippen molar-refractivity contribution in [2.45, 2.75) is 32.9 Å². The van der Waals surface area contributed by atoms with Gasteiger partial charge in [0.05, 0.1) is 11.9 Å². The van der Waals surface area contributed by atoms with Gasteiger partial charge < -0.3 is 5.32 Å². The molecule has 0 amide bonds. The number of hydrogen-bond donors (Lipinski definition) is 1. The molecule has 94 valence electrons. The van der Waals surface area contributed by atoms with Crippen LogP contribution in [0.25, 0.3) is 0 Å². The number of nitrogens with one attached hydrogen (secondary N) is 1. The molecule has 3 heterocycles. The first-order valence-electron chi connectivity index (χ1n) is 6.40. The highest BCUT2D eigenvalue weighted by Crippen LogP contribution is 2.17. The molecule has 0 saturated heterocycles. The summed E-state index contributed by atoms with van der Waals surface area (Å²) in [6.45, 7) is 4.89. The van der Waals surface area contributed by atoms with E-state index in [9.17, 15) is 0 Å². The van der Waals surface area contributed by atoms with E-state index < -0.39 is 0 Å². The Labute approximate surface area is 106 Å². The molecule has 0 aromatic carbocycles. The lowest BCUT2D eigenvalue weighted by Gasteiger charge is -2.18. The molecule has 0 radical (unpaired) electrons. The van der Waals surface area contributed by atoms with Crippen LogP contribution in [-0.4, -0.2) is 26.3 Å². The third-order valence-electron chi connectivity index (χ3n) is 3.35. The van der Waals surface area contributed by atoms with E-state index in [4.69, 9.17) is 0 Å². The van der Waals surface area contributed by atoms with Crippen LogP contribution in [0, 0.1) is 0 Å². The van der Waals surface area contributed by atoms with Gasteiger partial charge in [-0.25, -0.2) is 9.97 Å². The minimum Gasteiger partial charge on any atom is -0.312 e. The number of fused-ring (bicyclic) bond motifs is 1. The smallest absolute Gasteiger partial charge is 0.115 e. The van der Waals surface area contributed by atoms with E-state index in [1.165, 1.54) is 16.8 Å². The van der Waals surface area contributed by atoms with Gasteiger partial charge in [0.2, 0.25) is 0 Å². The van der Waals surface area contributed by atoms with Gasteiger partial charge in [-0.15, -0.1) is 0 Å². The molecule has 5 nitrogen and oxygen atoms in total. The first-order chi connectivity index (χ1) is 8.86. The molecule has 1 aliphatic rings. The molecule has 5 heteroatoms. The van der Waals surface area contributed by atoms with E-state index >= 15 is 0 Å². The Morgan fingerprint density at radius 1 is 1.39 bits per heavy atom. The van der Waals surface area contributed by atoms with E-state index in [0.717, 1.165) is 38.2 Å². The molecular weight excluding hydrogens is 226 g/mol. The summed E-state index contributed by atoms with van der Waals surface area (Å²) in [6.07, 6.45) is 7.54. The van der Waals surface area contributed by atoms with Crippen molar-refractivity contribution in [3.8, 4) is 0 Å². The first kappa shape index (κ1) is 11.3. The second kappa shape index (κ2) is 4.86. The fourth-order valence-corrected chi connectivity index (χ4v) is 2.35. The predicted molar refractivity (Wildman–Crippen MR) is 68.1 cm³/mol. The Balaban J connectivity index is 1.88. The van der Waals surface area contributed by atoms with Crippen LogP contribution < -0.4 is 5.32 Å². The van der Waals surface area contributed by atoms with E-state index in [1.807, 2.05) is 10.9 Å². The summed E-state index contributed by atoms with van der Waals surface area (Å²) in [5, 5.41) is 7.68. The van der Waals surface area contributed by atoms with Gasteiger partial charge in [0, 0.05) is 49.9 Å². The molecule has 0 aliphatic carbocycles. The summed E-state index contributed by atoms with van der Waals surface area (Å²) >= 11 is 0. The largest absolute Gasteiger partial charge is 0.312 e. The molecule has 0 fully saturated rings. The van der Waals surface area contributed by atoms with Gasteiger partial charge in [-0.05, 0) is 12.5 Å². The second-order valence-electron chi connectivity index (χ2n) is 4.55. The fraction of sp³-hybridized carbons (Fsp3) is 0.462. The third-order valence-corrected chi connectivity index (χ3v) is 3.35. The van der Waals surface area contributed by atoms with Crippen LogP contribution in [0.4, 0.5) is 0 Å². The molecule has 2 aromatic rings. The van der Waals surface area contributed by atoms with E-state index in [-0.39, 0.29) is 0 Å². The van der Waals surface area contributed by atoms with Crippen LogP contribution in [0.15, 0.2) is 18.7 Å². The average Bonchev–Trinajstić information content (AvgIpc) is 2.87. The molecule has 2 aromatic heterocycles. The standard InChI is InChI=1S/C13H17N5/c1-2-18-8-10(6-17-18)5-13-11-7-14-4-3-12(11)15-9-16-13/h6,8-9,14H,2-5,7H2,1H3. The Morgan fingerprint density at radius 2 is 2.33 bits per heavy atom. The second-order valence-corrected chi connectivity index (χ2v) is 4.55. The maximum absolute atomic E-state index is 4.43. The molecule has 1 aliphatic heterocycles. The maximum atomic E-state index is 4.43. The van der Waals surface area contributed by atoms with Crippen molar-refractivity contribution in [2.75, 3.05) is 6.54 Å². The minimum absolute atomic E-state index is 0.840. The Bertz CT molecular complexity index is 546. The van der Waals surface area contributed by atoms with Crippen molar-refractivity contribution in [1.82, 2.24) is 25.1 Å². The number of hydrogen-bond acceptors (Lipinski definition) is 4. The van der Waals surface area contributed by atoms with Crippen LogP contribution in [0.3, 0.4) is 0 Å². The van der Waals surface area contributed by atoms with Crippen LogP contribution in [-0.2, 0) is 25.9 Å². The summed E-state index contributed by atoms with van der Waals surface area (Å²) in [4.78, 5) is 8.81. The summed E-state index contributed by atoms with van der Waals surface area (Å²) in [5.41, 5.74) is 4.81. The SMILES string of the molecule is CCn1cc(Cc2ncnc3c2CNCC3)cn1. The molecule has 1 N–H and O–H groups in total. The quantitative estimate of drug-likeness (QED) is 0.871. The summed E-state index contributed by atoms with van der Waals surface area (Å²) in [7, 11) is 0. The molecule has 0 unspecified atom stereocenters. The highest BCUT2D eigenvalue weighted by molar-refractivity contribution is 5.30. The molecule has 0 spiro atoms. The van der Waals surface area contributed by atoms with E-state index in [0.29, 0.717) is 0 Å². The van der Waals surface area contributed by atoms with Crippen LogP contribution >= 0.6 is 0 Å². The Hall–Kier alpha value is -1.75. The van der Waals surface area contributed by atoms with Crippen molar-refractivity contribution in [2.24, 2.45) is 0 Å². The van der Waals surface area contributed by atoms with Gasteiger partial charge in [-0.1, -0.05) is 0 Å². The number of rotatable bonds is 3. The zero-order valence-corrected chi connectivity index (χ0v) is 10.6. The highest BCUT2D eigenvalue weighted by Gasteiger charge is 2.15. The molecule has 0 saturated carbocycles. The topological polar surface area (TPSA) is 55.6 Å². The monoisotopic (exact) mass is 243 g/mol. The Morgan fingerprint density at radius 3 is 3.17 bits per heavy atom. The van der Waals surface area contributed by atoms with Gasteiger partial charge in [-0.3, -0.25) is 4.68 Å². The molecule has 0 bridgehead atoms. The number of aryl methyl sites for hydroxylation is 1. The lowest BCUT2D eigenvalue weighted by atomic mass is 10.0. The van der Waals surface area contributed by atoms with Crippen LogP contribution in [0.1, 0.15) is 29.4 Å². The van der Waals surface area contributed by atoms with Crippen molar-refractivity contribution in [1.29, 1.82) is 0 Å². The van der Waals surface area contributed by atoms with E-state index in [2.05, 4.69) is 33.5 Å². The van der Waals surface area contributed by atoms with Crippen LogP contribution in [0.5, 0.6) is 0 Å². The maximum Gasteiger partial charge on any atom is 0.115 e. The minimum atomic E-state index is 0.840. The predicted octanol–water partition coefficient (Wildman–Crippen LogP) is 0.929. The molecule has 3 rings (SSSR count). The molecular formula is C13H17N5. The van der Waals surface area contributed by atoms with Gasteiger partial charge in [0.15, 0.2) is 0 Å². The fourth-order valence-electron chi connectivity index (χ4n) is 2.35. The zero-order chi connectivity index (χ0) is 12.4. The van der Waals surface area contributed by atoms with Gasteiger partial charge >= 0.3 is 0 Å². The summed E-state index contributed by atoms with van der Waals surface area (Å²) in [5.74, 6) is 0. The van der Waals surface area contributed by atoms with Gasteiger partial charge in [-0.2, -0.15) is 5.10 Å². The lowest BCUT2D eigenvalue weighted by molar-refractivity contribution is 0.618. The normalized spacial score (nSPS) is 14.5. The van der Waals surface area contributed by atoms with Gasteiger partial charge in [0.1, 0.15) is 6.33 Å². The highest BCUT2D eigenvalue weighted by atomic mass is 15.3. The summed E-state index contributed by atoms with van der Waals surface area (Å²) in [6, 6.07) is 0. The summed E-state index contributed by atoms with van der Waals surface area (Å²) < 4.78 is 1.95. The van der Waals surface area contributed by atoms with Crippen molar-refractivity contribution in [3.63, 3.8) is 0 Å². The number of aromatic nitrogens is 4. The van der Waals surface area contributed by atoms with Crippen molar-refractivity contribution < 1.29 is 0 Å². The van der Waals surface area contributed by atoms with E-state index in [1.54, 1.807) is 6.33 Å². The number of nitrogens with zero attached hydrogens (tertiary/aromatic N) is 4. The van der Waals surface area contributed by atoms with Crippen LogP contribution in [0.2, 0.25) is 0 Å². The average molecular weight is 243 g/mol. The lowest BCUT2D eigenvalue weighted by Crippen LogP contribution is -2.26.